The second-order valence-corrected chi connectivity index (χ2v) is 4.58. The Kier molecular flexibility index (Phi) is 5.00. The average molecular weight is 334 g/mol. The Morgan fingerprint density at radius 3 is 2.29 bits per heavy atom. The van der Waals surface area contributed by atoms with Gasteiger partial charge in [-0.2, -0.15) is 0 Å². The van der Waals surface area contributed by atoms with Crippen molar-refractivity contribution in [3.05, 3.63) is 56.6 Å². The second kappa shape index (κ2) is 7.13. The molecule has 0 saturated heterocycles. The number of ether oxygens (including phenoxy) is 2. The first kappa shape index (κ1) is 16.8. The number of nitrogens with two attached hydrogens (primary N) is 1. The number of nitro groups is 2. The van der Waals surface area contributed by atoms with Crippen LogP contribution in [0.2, 0.25) is 0 Å². The molecule has 3 N–H and O–H groups in total. The Morgan fingerprint density at radius 2 is 1.67 bits per heavy atom. The van der Waals surface area contributed by atoms with Crippen LogP contribution in [-0.2, 0) is 0 Å². The molecule has 0 unspecified atom stereocenters. The van der Waals surface area contributed by atoms with Gasteiger partial charge in [-0.1, -0.05) is 0 Å². The van der Waals surface area contributed by atoms with Gasteiger partial charge in [-0.3, -0.25) is 20.2 Å². The number of benzene rings is 2. The molecule has 0 heterocycles. The molecule has 126 valence electrons. The summed E-state index contributed by atoms with van der Waals surface area (Å²) in [5.41, 5.74) is 5.28. The Bertz CT molecular complexity index is 780. The van der Waals surface area contributed by atoms with Gasteiger partial charge in [0.25, 0.3) is 11.4 Å². The lowest BCUT2D eigenvalue weighted by atomic mass is 10.2. The smallest absolute Gasteiger partial charge is 0.296 e. The van der Waals surface area contributed by atoms with Gasteiger partial charge < -0.3 is 20.5 Å². The third kappa shape index (κ3) is 3.80. The van der Waals surface area contributed by atoms with Crippen molar-refractivity contribution in [3.8, 4) is 11.5 Å². The number of rotatable bonds is 7. The van der Waals surface area contributed by atoms with Crippen molar-refractivity contribution >= 4 is 22.7 Å². The fourth-order valence-corrected chi connectivity index (χ4v) is 1.91. The normalized spacial score (nSPS) is 10.0. The largest absolute Gasteiger partial charge is 0.496 e. The molecule has 10 nitrogen and oxygen atoms in total. The predicted octanol–water partition coefficient (Wildman–Crippen LogP) is 2.54. The Hall–Kier alpha value is -3.56. The topological polar surface area (TPSA) is 143 Å². The quantitative estimate of drug-likeness (QED) is 0.340. The van der Waals surface area contributed by atoms with Crippen molar-refractivity contribution < 1.29 is 19.3 Å². The van der Waals surface area contributed by atoms with Gasteiger partial charge in [-0.05, 0) is 24.3 Å². The van der Waals surface area contributed by atoms with Crippen LogP contribution in [0.15, 0.2) is 36.4 Å². The molecule has 24 heavy (non-hydrogen) atoms. The summed E-state index contributed by atoms with van der Waals surface area (Å²) in [4.78, 5) is 20.7. The minimum atomic E-state index is -0.621. The molecule has 0 aliphatic rings. The minimum absolute atomic E-state index is 0.0195. The summed E-state index contributed by atoms with van der Waals surface area (Å²) in [6, 6.07) is 8.31. The number of nitrogens with one attached hydrogen (secondary N) is 1. The van der Waals surface area contributed by atoms with Crippen molar-refractivity contribution in [3.63, 3.8) is 0 Å². The highest BCUT2D eigenvalue weighted by atomic mass is 16.6. The van der Waals surface area contributed by atoms with Gasteiger partial charge in [0.1, 0.15) is 22.9 Å². The Labute approximate surface area is 136 Å². The van der Waals surface area contributed by atoms with Gasteiger partial charge in [0.05, 0.1) is 29.1 Å². The van der Waals surface area contributed by atoms with E-state index in [4.69, 9.17) is 15.2 Å². The minimum Gasteiger partial charge on any atom is -0.496 e. The Morgan fingerprint density at radius 1 is 1.04 bits per heavy atom. The van der Waals surface area contributed by atoms with E-state index in [-0.39, 0.29) is 35.2 Å². The molecule has 0 atom stereocenters. The van der Waals surface area contributed by atoms with Gasteiger partial charge in [-0.15, -0.1) is 0 Å². The van der Waals surface area contributed by atoms with E-state index in [1.54, 1.807) is 6.07 Å². The fraction of sp³-hybridized carbons (Fsp3) is 0.143. The first-order chi connectivity index (χ1) is 11.4. The van der Waals surface area contributed by atoms with Crippen molar-refractivity contribution in [1.29, 1.82) is 0 Å². The molecule has 2 aromatic carbocycles. The highest BCUT2D eigenvalue weighted by Crippen LogP contribution is 2.29. The van der Waals surface area contributed by atoms with Crippen LogP contribution in [0.5, 0.6) is 11.5 Å². The highest BCUT2D eigenvalue weighted by molar-refractivity contribution is 5.64. The molecular formula is C14H14N4O6. The van der Waals surface area contributed by atoms with Crippen molar-refractivity contribution in [2.24, 2.45) is 0 Å². The highest BCUT2D eigenvalue weighted by Gasteiger charge is 2.16. The molecule has 0 aliphatic carbocycles. The third-order valence-corrected chi connectivity index (χ3v) is 3.10. The SMILES string of the molecule is COc1ccc(NCOc2ccc(N)c([N+](=O)[O-])c2)c([N+](=O)[O-])c1. The molecule has 2 aromatic rings. The number of hydrogen-bond acceptors (Lipinski definition) is 8. The maximum atomic E-state index is 11.1. The molecule has 0 spiro atoms. The van der Waals surface area contributed by atoms with Crippen LogP contribution in [0.3, 0.4) is 0 Å². The number of methoxy groups -OCH3 is 1. The number of anilines is 2. The number of nitrogen functional groups attached to an aromatic ring is 1. The summed E-state index contributed by atoms with van der Waals surface area (Å²) >= 11 is 0. The van der Waals surface area contributed by atoms with Crippen molar-refractivity contribution in [2.45, 2.75) is 0 Å². The van der Waals surface area contributed by atoms with Crippen LogP contribution in [0, 0.1) is 20.2 Å². The van der Waals surface area contributed by atoms with Crippen LogP contribution >= 0.6 is 0 Å². The maximum absolute atomic E-state index is 11.1. The summed E-state index contributed by atoms with van der Waals surface area (Å²) in [6.45, 7) is -0.131. The van der Waals surface area contributed by atoms with E-state index >= 15 is 0 Å². The molecule has 10 heteroatoms. The summed E-state index contributed by atoms with van der Waals surface area (Å²) in [5, 5.41) is 24.6. The van der Waals surface area contributed by atoms with Crippen LogP contribution in [-0.4, -0.2) is 23.7 Å². The molecule has 0 amide bonds. The average Bonchev–Trinajstić information content (AvgIpc) is 2.56. The van der Waals surface area contributed by atoms with Crippen molar-refractivity contribution in [1.82, 2.24) is 0 Å². The summed E-state index contributed by atoms with van der Waals surface area (Å²) in [6.07, 6.45) is 0. The second-order valence-electron chi connectivity index (χ2n) is 4.58. The maximum Gasteiger partial charge on any atom is 0.296 e. The van der Waals surface area contributed by atoms with E-state index in [2.05, 4.69) is 5.32 Å². The molecule has 0 fully saturated rings. The Balaban J connectivity index is 2.08. The lowest BCUT2D eigenvalue weighted by Gasteiger charge is -2.10. The van der Waals surface area contributed by atoms with E-state index in [9.17, 15) is 20.2 Å². The number of hydrogen-bond donors (Lipinski definition) is 2. The van der Waals surface area contributed by atoms with E-state index < -0.39 is 9.85 Å². The van der Waals surface area contributed by atoms with Crippen molar-refractivity contribution in [2.75, 3.05) is 24.9 Å². The molecular weight excluding hydrogens is 320 g/mol. The first-order valence-corrected chi connectivity index (χ1v) is 6.65. The zero-order valence-electron chi connectivity index (χ0n) is 12.6. The zero-order valence-corrected chi connectivity index (χ0v) is 12.6. The van der Waals surface area contributed by atoms with E-state index in [1.165, 1.54) is 37.4 Å². The molecule has 0 radical (unpaired) electrons. The van der Waals surface area contributed by atoms with Crippen LogP contribution in [0.4, 0.5) is 22.7 Å². The van der Waals surface area contributed by atoms with Gasteiger partial charge in [0.2, 0.25) is 0 Å². The fourth-order valence-electron chi connectivity index (χ4n) is 1.91. The van der Waals surface area contributed by atoms with Gasteiger partial charge in [0.15, 0.2) is 6.73 Å². The number of nitrogens with zero attached hydrogens (tertiary/aromatic N) is 2. The van der Waals surface area contributed by atoms with Gasteiger partial charge in [-0.25, -0.2) is 0 Å². The first-order valence-electron chi connectivity index (χ1n) is 6.65. The van der Waals surface area contributed by atoms with Crippen LogP contribution in [0.1, 0.15) is 0 Å². The molecule has 0 aromatic heterocycles. The number of nitro benzene ring substituents is 2. The third-order valence-electron chi connectivity index (χ3n) is 3.10. The lowest BCUT2D eigenvalue weighted by molar-refractivity contribution is -0.384. The zero-order chi connectivity index (χ0) is 17.7. The summed E-state index contributed by atoms with van der Waals surface area (Å²) < 4.78 is 10.3. The summed E-state index contributed by atoms with van der Waals surface area (Å²) in [5.74, 6) is 0.557. The van der Waals surface area contributed by atoms with Crippen LogP contribution in [0.25, 0.3) is 0 Å². The summed E-state index contributed by atoms with van der Waals surface area (Å²) in [7, 11) is 1.41. The van der Waals surface area contributed by atoms with E-state index in [0.29, 0.717) is 5.75 Å². The molecule has 0 saturated carbocycles. The monoisotopic (exact) mass is 334 g/mol. The molecule has 0 bridgehead atoms. The van der Waals surface area contributed by atoms with E-state index in [0.717, 1.165) is 0 Å². The van der Waals surface area contributed by atoms with Gasteiger partial charge >= 0.3 is 0 Å². The van der Waals surface area contributed by atoms with Crippen LogP contribution < -0.4 is 20.5 Å². The molecule has 0 aliphatic heterocycles. The van der Waals surface area contributed by atoms with E-state index in [1.807, 2.05) is 0 Å². The lowest BCUT2D eigenvalue weighted by Crippen LogP contribution is -2.10. The molecule has 2 rings (SSSR count). The standard InChI is InChI=1S/C14H14N4O6/c1-23-9-3-5-12(14(6-9)18(21)22)16-8-24-10-2-4-11(15)13(7-10)17(19)20/h2-7,16H,8,15H2,1H3. The van der Waals surface area contributed by atoms with Gasteiger partial charge in [0, 0.05) is 0 Å². The predicted molar refractivity (Wildman–Crippen MR) is 86.3 cm³/mol.